The van der Waals surface area contributed by atoms with Crippen molar-refractivity contribution in [1.82, 2.24) is 5.32 Å². The molecule has 6 heteroatoms. The van der Waals surface area contributed by atoms with Gasteiger partial charge >= 0.3 is 0 Å². The number of amides is 1. The van der Waals surface area contributed by atoms with Crippen LogP contribution in [0, 0.1) is 0 Å². The first-order valence-electron chi connectivity index (χ1n) is 8.90. The van der Waals surface area contributed by atoms with Crippen LogP contribution in [-0.4, -0.2) is 45.2 Å². The molecule has 3 N–H and O–H groups in total. The molecule has 0 atom stereocenters. The lowest BCUT2D eigenvalue weighted by Gasteiger charge is -2.29. The Kier molecular flexibility index (Phi) is 6.87. The lowest BCUT2D eigenvalue weighted by Crippen LogP contribution is -3.28. The monoisotopic (exact) mass is 379 g/mol. The van der Waals surface area contributed by atoms with Gasteiger partial charge in [0.2, 0.25) is 0 Å². The first-order valence-corrected chi connectivity index (χ1v) is 10.2. The van der Waals surface area contributed by atoms with Crippen LogP contribution in [0.4, 0.5) is 0 Å². The van der Waals surface area contributed by atoms with Gasteiger partial charge in [-0.3, -0.25) is 4.79 Å². The zero-order valence-electron chi connectivity index (χ0n) is 14.4. The summed E-state index contributed by atoms with van der Waals surface area (Å²) >= 11 is 7.82. The van der Waals surface area contributed by atoms with Crippen LogP contribution in [0.1, 0.15) is 10.4 Å². The van der Waals surface area contributed by atoms with Crippen molar-refractivity contribution in [3.63, 3.8) is 0 Å². The van der Waals surface area contributed by atoms with E-state index in [1.165, 1.54) is 9.78 Å². The van der Waals surface area contributed by atoms with Crippen LogP contribution in [0.25, 0.3) is 0 Å². The third kappa shape index (κ3) is 6.12. The Hall–Kier alpha value is -1.40. The van der Waals surface area contributed by atoms with Crippen molar-refractivity contribution in [3.8, 4) is 0 Å². The summed E-state index contributed by atoms with van der Waals surface area (Å²) in [5.41, 5.74) is 1.16. The fourth-order valence-electron chi connectivity index (χ4n) is 3.30. The maximum Gasteiger partial charge on any atom is 0.275 e. The van der Waals surface area contributed by atoms with Gasteiger partial charge in [-0.1, -0.05) is 29.8 Å². The summed E-state index contributed by atoms with van der Waals surface area (Å²) in [6.45, 7) is 6.80. The molecule has 1 aromatic carbocycles. The van der Waals surface area contributed by atoms with Gasteiger partial charge in [-0.2, -0.15) is 0 Å². The minimum Gasteiger partial charge on any atom is -0.351 e. The van der Waals surface area contributed by atoms with Crippen LogP contribution < -0.4 is 15.1 Å². The van der Waals surface area contributed by atoms with Gasteiger partial charge in [-0.05, 0) is 35.6 Å². The molecule has 0 aliphatic carbocycles. The minimum atomic E-state index is 0.152. The zero-order chi connectivity index (χ0) is 17.5. The lowest BCUT2D eigenvalue weighted by molar-refractivity contribution is -1.01. The molecule has 1 amide bonds. The largest absolute Gasteiger partial charge is 0.351 e. The van der Waals surface area contributed by atoms with E-state index in [1.54, 1.807) is 4.90 Å². The molecule has 1 fully saturated rings. The van der Waals surface area contributed by atoms with E-state index in [-0.39, 0.29) is 5.91 Å². The van der Waals surface area contributed by atoms with E-state index in [4.69, 9.17) is 11.6 Å². The van der Waals surface area contributed by atoms with Gasteiger partial charge in [0.1, 0.15) is 32.7 Å². The molecule has 1 saturated heterocycles. The molecule has 0 spiro atoms. The fourth-order valence-corrected chi connectivity index (χ4v) is 4.29. The summed E-state index contributed by atoms with van der Waals surface area (Å²) in [7, 11) is 0. The van der Waals surface area contributed by atoms with Crippen LogP contribution in [0.2, 0.25) is 5.02 Å². The highest BCUT2D eigenvalue weighted by molar-refractivity contribution is 7.09. The minimum absolute atomic E-state index is 0.152. The average Bonchev–Trinajstić information content (AvgIpc) is 3.10. The standard InChI is InChI=1S/C19H24ClN3OS/c20-17-4-1-3-16(13-17)6-7-21-19(24)15-23-10-8-22(9-11-23)14-18-5-2-12-25-18/h1-5,12-13H,6-11,14-15H2,(H,21,24)/p+2. The molecule has 2 aromatic rings. The summed E-state index contributed by atoms with van der Waals surface area (Å²) in [5.74, 6) is 0.152. The third-order valence-electron chi connectivity index (χ3n) is 4.70. The Bertz CT molecular complexity index is 669. The Morgan fingerprint density at radius 1 is 1.12 bits per heavy atom. The van der Waals surface area contributed by atoms with E-state index >= 15 is 0 Å². The highest BCUT2D eigenvalue weighted by Crippen LogP contribution is 2.10. The number of benzene rings is 1. The number of carbonyl (C=O) groups is 1. The summed E-state index contributed by atoms with van der Waals surface area (Å²) in [4.78, 5) is 16.6. The number of carbonyl (C=O) groups excluding carboxylic acids is 1. The van der Waals surface area contributed by atoms with Crippen LogP contribution >= 0.6 is 22.9 Å². The smallest absolute Gasteiger partial charge is 0.275 e. The van der Waals surface area contributed by atoms with Gasteiger partial charge in [0.25, 0.3) is 5.91 Å². The number of halogens is 1. The van der Waals surface area contributed by atoms with E-state index in [9.17, 15) is 4.79 Å². The molecule has 0 radical (unpaired) electrons. The molecule has 1 aliphatic heterocycles. The van der Waals surface area contributed by atoms with Crippen molar-refractivity contribution in [2.45, 2.75) is 13.0 Å². The number of hydrogen-bond donors (Lipinski definition) is 3. The van der Waals surface area contributed by atoms with Crippen molar-refractivity contribution in [2.75, 3.05) is 39.3 Å². The van der Waals surface area contributed by atoms with E-state index in [0.29, 0.717) is 13.1 Å². The van der Waals surface area contributed by atoms with Gasteiger partial charge in [-0.15, -0.1) is 11.3 Å². The molecule has 0 saturated carbocycles. The van der Waals surface area contributed by atoms with E-state index in [1.807, 2.05) is 35.6 Å². The number of thiophene rings is 1. The van der Waals surface area contributed by atoms with Gasteiger partial charge in [-0.25, -0.2) is 0 Å². The number of rotatable bonds is 7. The maximum absolute atomic E-state index is 12.1. The van der Waals surface area contributed by atoms with Crippen molar-refractivity contribution < 1.29 is 14.6 Å². The Morgan fingerprint density at radius 2 is 1.92 bits per heavy atom. The first kappa shape index (κ1) is 18.4. The van der Waals surface area contributed by atoms with Gasteiger partial charge in [0.05, 0.1) is 4.88 Å². The second-order valence-corrected chi connectivity index (χ2v) is 8.13. The summed E-state index contributed by atoms with van der Waals surface area (Å²) < 4.78 is 0. The van der Waals surface area contributed by atoms with Crippen molar-refractivity contribution in [2.24, 2.45) is 0 Å². The lowest BCUT2D eigenvalue weighted by atomic mass is 10.1. The molecule has 3 rings (SSSR count). The highest BCUT2D eigenvalue weighted by Gasteiger charge is 2.24. The molecule has 0 bridgehead atoms. The number of piperazine rings is 1. The molecule has 1 aromatic heterocycles. The predicted octanol–water partition coefficient (Wildman–Crippen LogP) is 0.0438. The molecular weight excluding hydrogens is 354 g/mol. The van der Waals surface area contributed by atoms with E-state index in [2.05, 4.69) is 22.8 Å². The van der Waals surface area contributed by atoms with Crippen LogP contribution in [0.5, 0.6) is 0 Å². The van der Waals surface area contributed by atoms with Gasteiger partial charge in [0.15, 0.2) is 6.54 Å². The maximum atomic E-state index is 12.1. The molecule has 1 aliphatic rings. The normalized spacial score (nSPS) is 20.4. The van der Waals surface area contributed by atoms with Gasteiger partial charge in [0, 0.05) is 11.6 Å². The Balaban J connectivity index is 1.32. The SMILES string of the molecule is O=C(C[NH+]1CC[NH+](Cc2cccs2)CC1)NCCc1cccc(Cl)c1. The molecular formula is C19H26ClN3OS+2. The molecule has 4 nitrogen and oxygen atoms in total. The third-order valence-corrected chi connectivity index (χ3v) is 5.82. The average molecular weight is 380 g/mol. The predicted molar refractivity (Wildman–Crippen MR) is 102 cm³/mol. The Morgan fingerprint density at radius 3 is 2.64 bits per heavy atom. The quantitative estimate of drug-likeness (QED) is 0.624. The molecule has 134 valence electrons. The Labute approximate surface area is 158 Å². The number of nitrogens with one attached hydrogen (secondary N) is 3. The van der Waals surface area contributed by atoms with Crippen molar-refractivity contribution >= 4 is 28.8 Å². The fraction of sp³-hybridized carbons (Fsp3) is 0.421. The second-order valence-electron chi connectivity index (χ2n) is 6.66. The molecule has 0 unspecified atom stereocenters. The van der Waals surface area contributed by atoms with E-state index in [0.717, 1.165) is 49.7 Å². The van der Waals surface area contributed by atoms with E-state index < -0.39 is 0 Å². The van der Waals surface area contributed by atoms with Crippen LogP contribution in [0.3, 0.4) is 0 Å². The van der Waals surface area contributed by atoms with Crippen molar-refractivity contribution in [3.05, 3.63) is 57.2 Å². The molecule has 2 heterocycles. The summed E-state index contributed by atoms with van der Waals surface area (Å²) in [6.07, 6.45) is 0.820. The zero-order valence-corrected chi connectivity index (χ0v) is 16.0. The molecule has 25 heavy (non-hydrogen) atoms. The van der Waals surface area contributed by atoms with Gasteiger partial charge < -0.3 is 15.1 Å². The second kappa shape index (κ2) is 9.34. The number of hydrogen-bond acceptors (Lipinski definition) is 2. The highest BCUT2D eigenvalue weighted by atomic mass is 35.5. The van der Waals surface area contributed by atoms with Crippen molar-refractivity contribution in [1.29, 1.82) is 0 Å². The summed E-state index contributed by atoms with van der Waals surface area (Å²) in [6, 6.07) is 12.1. The van der Waals surface area contributed by atoms with Crippen LogP contribution in [0.15, 0.2) is 41.8 Å². The summed E-state index contributed by atoms with van der Waals surface area (Å²) in [5, 5.41) is 5.93. The first-order chi connectivity index (χ1) is 12.2. The topological polar surface area (TPSA) is 38.0 Å². The van der Waals surface area contributed by atoms with Crippen LogP contribution in [-0.2, 0) is 17.8 Å². The number of quaternary nitrogens is 2.